The van der Waals surface area contributed by atoms with Crippen molar-refractivity contribution in [1.82, 2.24) is 0 Å². The molecular formula is C8H9NO2. The van der Waals surface area contributed by atoms with Crippen LogP contribution in [0.2, 0.25) is 0 Å². The van der Waals surface area contributed by atoms with Crippen molar-refractivity contribution in [3.8, 4) is 0 Å². The normalized spacial score (nSPS) is 9.45. The summed E-state index contributed by atoms with van der Waals surface area (Å²) >= 11 is 0. The van der Waals surface area contributed by atoms with Gasteiger partial charge in [0.1, 0.15) is 0 Å². The molecule has 11 heavy (non-hydrogen) atoms. The van der Waals surface area contributed by atoms with Gasteiger partial charge >= 0.3 is 0 Å². The zero-order valence-corrected chi connectivity index (χ0v) is 6.06. The number of nitrogens with zero attached hydrogens (tertiary/aromatic N) is 1. The molecule has 0 saturated heterocycles. The molecule has 0 atom stereocenters. The zero-order valence-electron chi connectivity index (χ0n) is 6.06. The van der Waals surface area contributed by atoms with Crippen LogP contribution in [-0.2, 0) is 11.3 Å². The van der Waals surface area contributed by atoms with Crippen molar-refractivity contribution >= 4 is 5.97 Å². The molecule has 0 spiro atoms. The van der Waals surface area contributed by atoms with Crippen molar-refractivity contribution in [3.05, 3.63) is 30.6 Å². The lowest BCUT2D eigenvalue weighted by atomic mass is 10.4. The predicted octanol–water partition coefficient (Wildman–Crippen LogP) is -0.886. The zero-order chi connectivity index (χ0) is 8.10. The smallest absolute Gasteiger partial charge is 0.168 e. The summed E-state index contributed by atoms with van der Waals surface area (Å²) in [6.07, 6.45) is 3.71. The van der Waals surface area contributed by atoms with E-state index in [1.54, 1.807) is 4.57 Å². The second-order valence-corrected chi connectivity index (χ2v) is 2.24. The van der Waals surface area contributed by atoms with Gasteiger partial charge in [0.05, 0.1) is 0 Å². The Kier molecular flexibility index (Phi) is 2.60. The summed E-state index contributed by atoms with van der Waals surface area (Å²) in [7, 11) is 0. The molecule has 0 aliphatic carbocycles. The number of aryl methyl sites for hydroxylation is 1. The number of carbonyl (C=O) groups excluding carboxylic acids is 1. The standard InChI is InChI=1S/C8H9NO2/c10-8(11)4-7-9-5-2-1-3-6-9/h1-3,5-6H,4,7H2. The molecule has 1 aromatic heterocycles. The van der Waals surface area contributed by atoms with E-state index in [-0.39, 0.29) is 6.42 Å². The average molecular weight is 151 g/mol. The fourth-order valence-corrected chi connectivity index (χ4v) is 0.804. The maximum Gasteiger partial charge on any atom is 0.168 e. The van der Waals surface area contributed by atoms with Crippen LogP contribution < -0.4 is 9.67 Å². The third-order valence-electron chi connectivity index (χ3n) is 1.35. The molecule has 0 unspecified atom stereocenters. The quantitative estimate of drug-likeness (QED) is 0.526. The van der Waals surface area contributed by atoms with E-state index in [2.05, 4.69) is 0 Å². The van der Waals surface area contributed by atoms with E-state index >= 15 is 0 Å². The Bertz CT molecular complexity index is 233. The van der Waals surface area contributed by atoms with Crippen LogP contribution in [0.1, 0.15) is 6.42 Å². The first-order valence-corrected chi connectivity index (χ1v) is 3.43. The molecule has 0 radical (unpaired) electrons. The van der Waals surface area contributed by atoms with Gasteiger partial charge in [0.2, 0.25) is 0 Å². The van der Waals surface area contributed by atoms with Crippen LogP contribution in [-0.4, -0.2) is 5.97 Å². The van der Waals surface area contributed by atoms with E-state index in [1.807, 2.05) is 30.6 Å². The van der Waals surface area contributed by atoms with E-state index in [0.717, 1.165) is 0 Å². The molecule has 1 aromatic rings. The van der Waals surface area contributed by atoms with Crippen LogP contribution in [0.15, 0.2) is 30.6 Å². The molecule has 0 amide bonds. The lowest BCUT2D eigenvalue weighted by Gasteiger charge is -1.96. The predicted molar refractivity (Wildman–Crippen MR) is 36.3 cm³/mol. The van der Waals surface area contributed by atoms with Gasteiger partial charge in [0, 0.05) is 24.5 Å². The number of carboxylic acids is 1. The van der Waals surface area contributed by atoms with Gasteiger partial charge in [-0.05, 0) is 0 Å². The summed E-state index contributed by atoms with van der Waals surface area (Å²) in [4.78, 5) is 10.0. The number of hydrogen-bond acceptors (Lipinski definition) is 2. The molecule has 0 N–H and O–H groups in total. The maximum absolute atomic E-state index is 10.0. The highest BCUT2D eigenvalue weighted by atomic mass is 16.4. The lowest BCUT2D eigenvalue weighted by molar-refractivity contribution is -0.696. The molecule has 0 bridgehead atoms. The van der Waals surface area contributed by atoms with Crippen LogP contribution in [0.25, 0.3) is 0 Å². The highest BCUT2D eigenvalue weighted by Crippen LogP contribution is 1.79. The molecule has 1 heterocycles. The molecule has 3 nitrogen and oxygen atoms in total. The van der Waals surface area contributed by atoms with Gasteiger partial charge in [-0.25, -0.2) is 4.57 Å². The van der Waals surface area contributed by atoms with Gasteiger partial charge in [-0.2, -0.15) is 0 Å². The SMILES string of the molecule is O=C([O-])CC[n+]1ccccc1. The van der Waals surface area contributed by atoms with Crippen molar-refractivity contribution in [2.75, 3.05) is 0 Å². The van der Waals surface area contributed by atoms with E-state index in [9.17, 15) is 9.90 Å². The van der Waals surface area contributed by atoms with Gasteiger partial charge in [-0.1, -0.05) is 6.07 Å². The van der Waals surface area contributed by atoms with Crippen molar-refractivity contribution in [2.45, 2.75) is 13.0 Å². The van der Waals surface area contributed by atoms with E-state index < -0.39 is 5.97 Å². The Morgan fingerprint density at radius 3 is 2.45 bits per heavy atom. The Labute approximate surface area is 64.9 Å². The monoisotopic (exact) mass is 151 g/mol. The minimum absolute atomic E-state index is 0.0642. The van der Waals surface area contributed by atoms with Crippen LogP contribution >= 0.6 is 0 Å². The van der Waals surface area contributed by atoms with E-state index in [0.29, 0.717) is 6.54 Å². The van der Waals surface area contributed by atoms with Crippen LogP contribution in [0.4, 0.5) is 0 Å². The summed E-state index contributed by atoms with van der Waals surface area (Å²) in [6.45, 7) is 0.475. The molecular weight excluding hydrogens is 142 g/mol. The second kappa shape index (κ2) is 3.71. The number of rotatable bonds is 3. The van der Waals surface area contributed by atoms with Crippen molar-refractivity contribution in [2.24, 2.45) is 0 Å². The number of aromatic nitrogens is 1. The van der Waals surface area contributed by atoms with Crippen LogP contribution in [0.3, 0.4) is 0 Å². The fourth-order valence-electron chi connectivity index (χ4n) is 0.804. The van der Waals surface area contributed by atoms with Crippen molar-refractivity contribution in [3.63, 3.8) is 0 Å². The topological polar surface area (TPSA) is 44.0 Å². The minimum atomic E-state index is -1.01. The van der Waals surface area contributed by atoms with E-state index in [1.165, 1.54) is 0 Å². The first-order valence-electron chi connectivity index (χ1n) is 3.43. The van der Waals surface area contributed by atoms with Gasteiger partial charge in [0.25, 0.3) is 0 Å². The van der Waals surface area contributed by atoms with Gasteiger partial charge in [-0.3, -0.25) is 0 Å². The minimum Gasteiger partial charge on any atom is -0.550 e. The highest BCUT2D eigenvalue weighted by Gasteiger charge is 1.95. The molecule has 3 heteroatoms. The molecule has 0 aromatic carbocycles. The van der Waals surface area contributed by atoms with Gasteiger partial charge in [0.15, 0.2) is 18.9 Å². The maximum atomic E-state index is 10.0. The molecule has 58 valence electrons. The Morgan fingerprint density at radius 1 is 1.27 bits per heavy atom. The summed E-state index contributed by atoms with van der Waals surface area (Å²) < 4.78 is 1.80. The molecule has 0 aliphatic rings. The molecule has 0 aliphatic heterocycles. The largest absolute Gasteiger partial charge is 0.550 e. The van der Waals surface area contributed by atoms with E-state index in [4.69, 9.17) is 0 Å². The first kappa shape index (κ1) is 7.72. The van der Waals surface area contributed by atoms with Gasteiger partial charge < -0.3 is 9.90 Å². The number of carbonyl (C=O) groups is 1. The summed E-state index contributed by atoms with van der Waals surface area (Å²) in [5, 5.41) is 10.0. The Balaban J connectivity index is 2.45. The average Bonchev–Trinajstić information content (AvgIpc) is 2.03. The number of hydrogen-bond donors (Lipinski definition) is 0. The fraction of sp³-hybridized carbons (Fsp3) is 0.250. The lowest BCUT2D eigenvalue weighted by Crippen LogP contribution is -2.36. The molecule has 0 saturated carbocycles. The van der Waals surface area contributed by atoms with Crippen molar-refractivity contribution in [1.29, 1.82) is 0 Å². The first-order chi connectivity index (χ1) is 5.29. The Hall–Kier alpha value is -1.38. The summed E-state index contributed by atoms with van der Waals surface area (Å²) in [6, 6.07) is 5.60. The van der Waals surface area contributed by atoms with Crippen LogP contribution in [0.5, 0.6) is 0 Å². The number of pyridine rings is 1. The van der Waals surface area contributed by atoms with Crippen LogP contribution in [0, 0.1) is 0 Å². The number of carboxylic acid groups (broad SMARTS) is 1. The Morgan fingerprint density at radius 2 is 1.91 bits per heavy atom. The third-order valence-corrected chi connectivity index (χ3v) is 1.35. The van der Waals surface area contributed by atoms with Crippen molar-refractivity contribution < 1.29 is 14.5 Å². The molecule has 0 fully saturated rings. The third kappa shape index (κ3) is 2.80. The number of aliphatic carboxylic acids is 1. The second-order valence-electron chi connectivity index (χ2n) is 2.24. The highest BCUT2D eigenvalue weighted by molar-refractivity contribution is 5.63. The molecule has 1 rings (SSSR count). The summed E-state index contributed by atoms with van der Waals surface area (Å²) in [5.41, 5.74) is 0. The summed E-state index contributed by atoms with van der Waals surface area (Å²) in [5.74, 6) is -1.01. The van der Waals surface area contributed by atoms with Gasteiger partial charge in [-0.15, -0.1) is 0 Å².